The van der Waals surface area contributed by atoms with Gasteiger partial charge >= 0.3 is 0 Å². The molecule has 1 aromatic rings. The zero-order valence-electron chi connectivity index (χ0n) is 14.0. The summed E-state index contributed by atoms with van der Waals surface area (Å²) in [6.45, 7) is 11.0. The van der Waals surface area contributed by atoms with Gasteiger partial charge in [-0.1, -0.05) is 26.0 Å². The van der Waals surface area contributed by atoms with Crippen LogP contribution < -0.4 is 0 Å². The first-order valence-corrected chi connectivity index (χ1v) is 8.73. The van der Waals surface area contributed by atoms with Gasteiger partial charge < -0.3 is 5.11 Å². The number of unbranched alkanes of at least 4 members (excludes halogenated alkanes) is 2. The molecule has 1 aliphatic carbocycles. The van der Waals surface area contributed by atoms with E-state index in [9.17, 15) is 5.11 Å². The lowest BCUT2D eigenvalue weighted by atomic mass is 9.59. The van der Waals surface area contributed by atoms with Crippen molar-refractivity contribution in [1.29, 1.82) is 0 Å². The van der Waals surface area contributed by atoms with E-state index >= 15 is 0 Å². The number of phenolic OH excluding ortho intramolecular Hbond substituents is 1. The molecule has 0 unspecified atom stereocenters. The molecule has 1 aliphatic heterocycles. The monoisotopic (exact) mass is 299 g/mol. The summed E-state index contributed by atoms with van der Waals surface area (Å²) in [4.78, 5) is 2.71. The fourth-order valence-corrected chi connectivity index (χ4v) is 4.58. The van der Waals surface area contributed by atoms with E-state index in [0.717, 1.165) is 12.8 Å². The summed E-state index contributed by atoms with van der Waals surface area (Å²) < 4.78 is 0. The molecule has 1 saturated heterocycles. The first kappa shape index (κ1) is 15.6. The highest BCUT2D eigenvalue weighted by atomic mass is 16.3. The zero-order valence-corrected chi connectivity index (χ0v) is 14.0. The van der Waals surface area contributed by atoms with Crippen molar-refractivity contribution in [3.8, 4) is 5.75 Å². The molecule has 0 radical (unpaired) electrons. The Morgan fingerprint density at radius 1 is 1.41 bits per heavy atom. The standard InChI is InChI=1S/C20H29NO/c1-4-5-6-7-11-21-12-10-20(3)15(2)19(21)13-16-8-9-17(22)14-18(16)20/h4,8-9,14-15,19,22H,1,5-7,10-13H2,2-3H3/t15-,19+,20+/m0/s1. The largest absolute Gasteiger partial charge is 0.508 e. The van der Waals surface area contributed by atoms with Crippen LogP contribution in [0.3, 0.4) is 0 Å². The first-order chi connectivity index (χ1) is 10.6. The minimum atomic E-state index is 0.217. The Morgan fingerprint density at radius 2 is 2.23 bits per heavy atom. The van der Waals surface area contributed by atoms with Crippen LogP contribution in [-0.4, -0.2) is 29.1 Å². The maximum atomic E-state index is 9.89. The number of hydrogen-bond acceptors (Lipinski definition) is 2. The van der Waals surface area contributed by atoms with E-state index in [4.69, 9.17) is 0 Å². The van der Waals surface area contributed by atoms with Crippen LogP contribution in [0, 0.1) is 5.92 Å². The van der Waals surface area contributed by atoms with Gasteiger partial charge in [0.1, 0.15) is 5.75 Å². The predicted molar refractivity (Wildman–Crippen MR) is 92.4 cm³/mol. The molecule has 2 nitrogen and oxygen atoms in total. The van der Waals surface area contributed by atoms with Crippen LogP contribution in [0.2, 0.25) is 0 Å². The molecule has 2 heteroatoms. The van der Waals surface area contributed by atoms with Gasteiger partial charge in [0.25, 0.3) is 0 Å². The number of benzene rings is 1. The number of aromatic hydroxyl groups is 1. The summed E-state index contributed by atoms with van der Waals surface area (Å²) in [5.74, 6) is 1.06. The lowest BCUT2D eigenvalue weighted by Crippen LogP contribution is -2.58. The van der Waals surface area contributed by atoms with Crippen molar-refractivity contribution in [3.63, 3.8) is 0 Å². The molecule has 0 spiro atoms. The minimum absolute atomic E-state index is 0.217. The number of allylic oxidation sites excluding steroid dienone is 1. The van der Waals surface area contributed by atoms with Gasteiger partial charge in [0.05, 0.1) is 0 Å². The predicted octanol–water partition coefficient (Wildman–Crippen LogP) is 4.27. The van der Waals surface area contributed by atoms with Crippen LogP contribution in [-0.2, 0) is 11.8 Å². The quantitative estimate of drug-likeness (QED) is 0.648. The number of fused-ring (bicyclic) bond motifs is 4. The van der Waals surface area contributed by atoms with Gasteiger partial charge in [-0.15, -0.1) is 6.58 Å². The van der Waals surface area contributed by atoms with Crippen LogP contribution in [0.1, 0.15) is 50.7 Å². The summed E-state index contributed by atoms with van der Waals surface area (Å²) in [6, 6.07) is 6.66. The van der Waals surface area contributed by atoms with Gasteiger partial charge in [0.15, 0.2) is 0 Å². The summed E-state index contributed by atoms with van der Waals surface area (Å²) in [6.07, 6.45) is 8.01. The first-order valence-electron chi connectivity index (χ1n) is 8.73. The van der Waals surface area contributed by atoms with Crippen molar-refractivity contribution >= 4 is 0 Å². The van der Waals surface area contributed by atoms with Crippen LogP contribution in [0.4, 0.5) is 0 Å². The second-order valence-corrected chi connectivity index (χ2v) is 7.39. The normalized spacial score (nSPS) is 30.8. The number of piperidine rings is 1. The van der Waals surface area contributed by atoms with E-state index in [-0.39, 0.29) is 5.41 Å². The Morgan fingerprint density at radius 3 is 3.00 bits per heavy atom. The number of likely N-dealkylation sites (tertiary alicyclic amines) is 1. The van der Waals surface area contributed by atoms with Crippen molar-refractivity contribution in [2.75, 3.05) is 13.1 Å². The molecule has 0 saturated carbocycles. The highest BCUT2D eigenvalue weighted by Crippen LogP contribution is 2.49. The maximum Gasteiger partial charge on any atom is 0.115 e. The summed E-state index contributed by atoms with van der Waals surface area (Å²) >= 11 is 0. The van der Waals surface area contributed by atoms with Gasteiger partial charge in [-0.25, -0.2) is 0 Å². The maximum absolute atomic E-state index is 9.89. The number of hydrogen-bond donors (Lipinski definition) is 1. The van der Waals surface area contributed by atoms with E-state index in [1.807, 2.05) is 18.2 Å². The minimum Gasteiger partial charge on any atom is -0.508 e. The van der Waals surface area contributed by atoms with Gasteiger partial charge in [-0.3, -0.25) is 4.90 Å². The fourth-order valence-electron chi connectivity index (χ4n) is 4.58. The molecular formula is C20H29NO. The third-order valence-electron chi connectivity index (χ3n) is 6.21. The van der Waals surface area contributed by atoms with Gasteiger partial charge in [-0.2, -0.15) is 0 Å². The highest BCUT2D eigenvalue weighted by molar-refractivity contribution is 5.44. The van der Waals surface area contributed by atoms with Crippen molar-refractivity contribution in [2.24, 2.45) is 5.92 Å². The fraction of sp³-hybridized carbons (Fsp3) is 0.600. The number of phenols is 1. The van der Waals surface area contributed by atoms with Gasteiger partial charge in [-0.05, 0) is 79.8 Å². The van der Waals surface area contributed by atoms with Crippen LogP contribution in [0.25, 0.3) is 0 Å². The molecule has 120 valence electrons. The van der Waals surface area contributed by atoms with E-state index in [1.54, 1.807) is 0 Å². The van der Waals surface area contributed by atoms with Crippen molar-refractivity contribution < 1.29 is 5.11 Å². The van der Waals surface area contributed by atoms with Crippen LogP contribution in [0.5, 0.6) is 5.75 Å². The number of nitrogens with zero attached hydrogens (tertiary/aromatic N) is 1. The van der Waals surface area contributed by atoms with E-state index in [1.165, 1.54) is 43.5 Å². The summed E-state index contributed by atoms with van der Waals surface area (Å²) in [5, 5.41) is 9.89. The SMILES string of the molecule is C=CCCCCN1CC[C@@]2(C)c3cc(O)ccc3C[C@@H]1[C@@H]2C. The number of rotatable bonds is 5. The topological polar surface area (TPSA) is 23.5 Å². The van der Waals surface area contributed by atoms with E-state index in [0.29, 0.717) is 17.7 Å². The molecule has 0 aromatic heterocycles. The third-order valence-corrected chi connectivity index (χ3v) is 6.21. The molecule has 0 amide bonds. The average Bonchev–Trinajstić information content (AvgIpc) is 2.50. The molecule has 1 fully saturated rings. The smallest absolute Gasteiger partial charge is 0.115 e. The average molecular weight is 299 g/mol. The Hall–Kier alpha value is -1.28. The summed E-state index contributed by atoms with van der Waals surface area (Å²) in [5.41, 5.74) is 3.05. The van der Waals surface area contributed by atoms with Gasteiger partial charge in [0.2, 0.25) is 0 Å². The Labute approximate surface area is 134 Å². The zero-order chi connectivity index (χ0) is 15.7. The van der Waals surface area contributed by atoms with Crippen molar-refractivity contribution in [3.05, 3.63) is 42.0 Å². The molecule has 1 heterocycles. The molecule has 2 aliphatic rings. The third kappa shape index (κ3) is 2.58. The molecular weight excluding hydrogens is 270 g/mol. The summed E-state index contributed by atoms with van der Waals surface area (Å²) in [7, 11) is 0. The Balaban J connectivity index is 1.80. The molecule has 1 N–H and O–H groups in total. The Bertz CT molecular complexity index is 553. The lowest BCUT2D eigenvalue weighted by Gasteiger charge is -2.54. The van der Waals surface area contributed by atoms with E-state index in [2.05, 4.69) is 31.4 Å². The molecule has 22 heavy (non-hydrogen) atoms. The highest BCUT2D eigenvalue weighted by Gasteiger charge is 2.48. The molecule has 3 rings (SSSR count). The van der Waals surface area contributed by atoms with Crippen molar-refractivity contribution in [2.45, 2.75) is 57.4 Å². The molecule has 2 bridgehead atoms. The second-order valence-electron chi connectivity index (χ2n) is 7.39. The Kier molecular flexibility index (Phi) is 4.31. The molecule has 1 aromatic carbocycles. The van der Waals surface area contributed by atoms with E-state index < -0.39 is 0 Å². The molecule has 3 atom stereocenters. The van der Waals surface area contributed by atoms with Crippen LogP contribution in [0.15, 0.2) is 30.9 Å². The second kappa shape index (κ2) is 6.08. The van der Waals surface area contributed by atoms with Crippen molar-refractivity contribution in [1.82, 2.24) is 4.90 Å². The van der Waals surface area contributed by atoms with Crippen LogP contribution >= 0.6 is 0 Å². The lowest BCUT2D eigenvalue weighted by molar-refractivity contribution is 0.0304. The van der Waals surface area contributed by atoms with Gasteiger partial charge in [0, 0.05) is 6.04 Å².